The minimum absolute atomic E-state index is 0.207. The van der Waals surface area contributed by atoms with Crippen LogP contribution >= 0.6 is 22.6 Å². The van der Waals surface area contributed by atoms with Crippen LogP contribution in [0.2, 0.25) is 0 Å². The monoisotopic (exact) mass is 310 g/mol. The van der Waals surface area contributed by atoms with Gasteiger partial charge in [0.15, 0.2) is 0 Å². The van der Waals surface area contributed by atoms with Gasteiger partial charge in [-0.15, -0.1) is 0 Å². The standard InChI is InChI=1S/C8H11IN2O3/c1-14-4-2-3-5-10-7(12)6(9)8(13)11-5/h2-4H2,1H3,(H2,10,11,12,13). The number of rotatable bonds is 4. The zero-order valence-electron chi connectivity index (χ0n) is 7.71. The van der Waals surface area contributed by atoms with E-state index in [-0.39, 0.29) is 15.0 Å². The molecule has 0 saturated carbocycles. The average molecular weight is 310 g/mol. The van der Waals surface area contributed by atoms with Gasteiger partial charge < -0.3 is 14.8 Å². The highest BCUT2D eigenvalue weighted by Gasteiger charge is 2.06. The van der Waals surface area contributed by atoms with Gasteiger partial charge in [-0.3, -0.25) is 4.79 Å². The lowest BCUT2D eigenvalue weighted by atomic mass is 10.3. The Balaban J connectivity index is 2.75. The van der Waals surface area contributed by atoms with E-state index in [1.54, 1.807) is 29.7 Å². The van der Waals surface area contributed by atoms with E-state index in [1.807, 2.05) is 0 Å². The molecule has 0 aliphatic rings. The molecular formula is C8H11IN2O3. The molecule has 5 nitrogen and oxygen atoms in total. The van der Waals surface area contributed by atoms with E-state index < -0.39 is 0 Å². The van der Waals surface area contributed by atoms with Crippen molar-refractivity contribution >= 4 is 22.6 Å². The Labute approximate surface area is 94.7 Å². The van der Waals surface area contributed by atoms with E-state index in [1.165, 1.54) is 0 Å². The summed E-state index contributed by atoms with van der Waals surface area (Å²) in [6.45, 7) is 0.608. The highest BCUT2D eigenvalue weighted by atomic mass is 127. The first-order chi connectivity index (χ1) is 6.65. The minimum Gasteiger partial charge on any atom is -0.492 e. The van der Waals surface area contributed by atoms with Crippen LogP contribution < -0.4 is 5.56 Å². The van der Waals surface area contributed by atoms with Crippen LogP contribution in [0, 0.1) is 3.57 Å². The highest BCUT2D eigenvalue weighted by Crippen LogP contribution is 2.10. The van der Waals surface area contributed by atoms with Gasteiger partial charge in [0, 0.05) is 20.1 Å². The lowest BCUT2D eigenvalue weighted by Gasteiger charge is -2.01. The molecule has 1 heterocycles. The van der Waals surface area contributed by atoms with Crippen LogP contribution in [0.15, 0.2) is 4.79 Å². The third-order valence-corrected chi connectivity index (χ3v) is 2.63. The van der Waals surface area contributed by atoms with Gasteiger partial charge in [0.2, 0.25) is 5.88 Å². The Kier molecular flexibility index (Phi) is 4.33. The molecule has 78 valence electrons. The SMILES string of the molecule is COCCCc1nc(O)c(I)c(=O)[nH]1. The van der Waals surface area contributed by atoms with Crippen molar-refractivity contribution in [2.75, 3.05) is 13.7 Å². The number of nitrogens with one attached hydrogen (secondary N) is 1. The number of hydrogen-bond acceptors (Lipinski definition) is 4. The van der Waals surface area contributed by atoms with E-state index in [4.69, 9.17) is 4.74 Å². The zero-order valence-corrected chi connectivity index (χ0v) is 9.87. The van der Waals surface area contributed by atoms with Crippen molar-refractivity contribution in [3.63, 3.8) is 0 Å². The smallest absolute Gasteiger partial charge is 0.268 e. The van der Waals surface area contributed by atoms with Gasteiger partial charge in [-0.1, -0.05) is 0 Å². The van der Waals surface area contributed by atoms with Crippen LogP contribution in [0.1, 0.15) is 12.2 Å². The van der Waals surface area contributed by atoms with Crippen LogP contribution in [0.25, 0.3) is 0 Å². The summed E-state index contributed by atoms with van der Waals surface area (Å²) in [5.41, 5.74) is -0.300. The second kappa shape index (κ2) is 5.30. The molecule has 1 aromatic rings. The maximum atomic E-state index is 11.2. The maximum Gasteiger partial charge on any atom is 0.268 e. The van der Waals surface area contributed by atoms with Crippen LogP contribution in [0.3, 0.4) is 0 Å². The first-order valence-electron chi connectivity index (χ1n) is 4.11. The lowest BCUT2D eigenvalue weighted by molar-refractivity contribution is 0.194. The van der Waals surface area contributed by atoms with E-state index >= 15 is 0 Å². The molecule has 0 atom stereocenters. The third kappa shape index (κ3) is 2.95. The first kappa shape index (κ1) is 11.4. The van der Waals surface area contributed by atoms with Crippen molar-refractivity contribution in [3.8, 4) is 5.88 Å². The molecule has 0 aliphatic heterocycles. The Morgan fingerprint density at radius 1 is 1.64 bits per heavy atom. The predicted octanol–water partition coefficient (Wildman–Crippen LogP) is 0.659. The third-order valence-electron chi connectivity index (χ3n) is 1.66. The molecule has 2 N–H and O–H groups in total. The van der Waals surface area contributed by atoms with E-state index in [0.29, 0.717) is 18.9 Å². The van der Waals surface area contributed by atoms with Crippen molar-refractivity contribution < 1.29 is 9.84 Å². The van der Waals surface area contributed by atoms with Crippen molar-refractivity contribution in [1.82, 2.24) is 9.97 Å². The van der Waals surface area contributed by atoms with Crippen molar-refractivity contribution in [2.24, 2.45) is 0 Å². The largest absolute Gasteiger partial charge is 0.492 e. The van der Waals surface area contributed by atoms with E-state index in [2.05, 4.69) is 9.97 Å². The highest BCUT2D eigenvalue weighted by molar-refractivity contribution is 14.1. The van der Waals surface area contributed by atoms with Gasteiger partial charge >= 0.3 is 0 Å². The Bertz CT molecular complexity index is 364. The summed E-state index contributed by atoms with van der Waals surface area (Å²) in [7, 11) is 1.61. The van der Waals surface area contributed by atoms with Gasteiger partial charge in [-0.05, 0) is 29.0 Å². The van der Waals surface area contributed by atoms with Gasteiger partial charge in [0.05, 0.1) is 0 Å². The van der Waals surface area contributed by atoms with Gasteiger partial charge in [-0.25, -0.2) is 0 Å². The first-order valence-corrected chi connectivity index (χ1v) is 5.19. The predicted molar refractivity (Wildman–Crippen MR) is 59.4 cm³/mol. The van der Waals surface area contributed by atoms with Crippen molar-refractivity contribution in [1.29, 1.82) is 0 Å². The molecule has 0 unspecified atom stereocenters. The molecule has 6 heteroatoms. The molecule has 0 spiro atoms. The van der Waals surface area contributed by atoms with Crippen LogP contribution in [-0.4, -0.2) is 28.8 Å². The average Bonchev–Trinajstić information content (AvgIpc) is 2.14. The van der Waals surface area contributed by atoms with Gasteiger partial charge in [0.25, 0.3) is 5.56 Å². The molecule has 0 amide bonds. The summed E-state index contributed by atoms with van der Waals surface area (Å²) in [4.78, 5) is 17.6. The van der Waals surface area contributed by atoms with Crippen molar-refractivity contribution in [2.45, 2.75) is 12.8 Å². The number of H-pyrrole nitrogens is 1. The molecule has 0 fully saturated rings. The number of aromatic nitrogens is 2. The summed E-state index contributed by atoms with van der Waals surface area (Å²) in [5.74, 6) is 0.284. The van der Waals surface area contributed by atoms with Crippen LogP contribution in [-0.2, 0) is 11.2 Å². The fourth-order valence-corrected chi connectivity index (χ4v) is 1.25. The lowest BCUT2D eigenvalue weighted by Crippen LogP contribution is -2.14. The number of halogens is 1. The second-order valence-electron chi connectivity index (χ2n) is 2.75. The summed E-state index contributed by atoms with van der Waals surface area (Å²) in [6, 6.07) is 0. The molecule has 0 aromatic carbocycles. The number of methoxy groups -OCH3 is 1. The fourth-order valence-electron chi connectivity index (χ4n) is 0.995. The van der Waals surface area contributed by atoms with E-state index in [9.17, 15) is 9.90 Å². The number of aryl methyl sites for hydroxylation is 1. The molecule has 0 radical (unpaired) electrons. The topological polar surface area (TPSA) is 75.2 Å². The molecule has 0 aliphatic carbocycles. The summed E-state index contributed by atoms with van der Waals surface area (Å²) in [5, 5.41) is 9.27. The van der Waals surface area contributed by atoms with Gasteiger partial charge in [0.1, 0.15) is 9.39 Å². The maximum absolute atomic E-state index is 11.2. The molecule has 14 heavy (non-hydrogen) atoms. The Morgan fingerprint density at radius 3 is 2.93 bits per heavy atom. The summed E-state index contributed by atoms with van der Waals surface area (Å²) in [6.07, 6.45) is 1.35. The van der Waals surface area contributed by atoms with Crippen molar-refractivity contribution in [3.05, 3.63) is 19.7 Å². The molecule has 0 bridgehead atoms. The summed E-state index contributed by atoms with van der Waals surface area (Å²) < 4.78 is 5.08. The van der Waals surface area contributed by atoms with Crippen LogP contribution in [0.4, 0.5) is 0 Å². The number of nitrogens with zero attached hydrogens (tertiary/aromatic N) is 1. The Hall–Kier alpha value is -0.630. The van der Waals surface area contributed by atoms with Crippen LogP contribution in [0.5, 0.6) is 5.88 Å². The van der Waals surface area contributed by atoms with E-state index in [0.717, 1.165) is 6.42 Å². The summed E-state index contributed by atoms with van der Waals surface area (Å²) >= 11 is 1.75. The molecular weight excluding hydrogens is 299 g/mol. The fraction of sp³-hybridized carbons (Fsp3) is 0.500. The molecule has 1 aromatic heterocycles. The number of aromatic hydroxyl groups is 1. The normalized spacial score (nSPS) is 10.4. The Morgan fingerprint density at radius 2 is 2.36 bits per heavy atom. The number of aromatic amines is 1. The number of hydrogen-bond donors (Lipinski definition) is 2. The number of ether oxygens (including phenoxy) is 1. The minimum atomic E-state index is -0.300. The van der Waals surface area contributed by atoms with Gasteiger partial charge in [-0.2, -0.15) is 4.98 Å². The molecule has 0 saturated heterocycles. The zero-order chi connectivity index (χ0) is 10.6. The second-order valence-corrected chi connectivity index (χ2v) is 3.83. The quantitative estimate of drug-likeness (QED) is 0.633. The molecule has 1 rings (SSSR count).